The minimum absolute atomic E-state index is 0.133. The van der Waals surface area contributed by atoms with Crippen LogP contribution < -0.4 is 0 Å². The molecule has 1 heterocycles. The van der Waals surface area contributed by atoms with Crippen molar-refractivity contribution in [1.82, 2.24) is 4.90 Å². The minimum Gasteiger partial charge on any atom is -0.371 e. The Kier molecular flexibility index (Phi) is 5.48. The van der Waals surface area contributed by atoms with E-state index >= 15 is 0 Å². The topological polar surface area (TPSA) is 12.5 Å². The molecular weight excluding hydrogens is 246 g/mol. The molecule has 0 radical (unpaired) electrons. The van der Waals surface area contributed by atoms with E-state index in [1.807, 2.05) is 18.2 Å². The van der Waals surface area contributed by atoms with E-state index in [-0.39, 0.29) is 6.10 Å². The average Bonchev–Trinajstić information content (AvgIpc) is 2.40. The number of nitrogens with zero attached hydrogens (tertiary/aromatic N) is 1. The van der Waals surface area contributed by atoms with Gasteiger partial charge in [-0.1, -0.05) is 49.6 Å². The monoisotopic (exact) mass is 267 g/mol. The maximum Gasteiger partial charge on any atom is 0.0966 e. The lowest BCUT2D eigenvalue weighted by Gasteiger charge is -2.33. The predicted molar refractivity (Wildman–Crippen MR) is 76.1 cm³/mol. The molecule has 0 spiro atoms. The van der Waals surface area contributed by atoms with E-state index < -0.39 is 0 Å². The zero-order chi connectivity index (χ0) is 12.8. The van der Waals surface area contributed by atoms with Crippen LogP contribution in [0.1, 0.15) is 37.9 Å². The smallest absolute Gasteiger partial charge is 0.0966 e. The fraction of sp³-hybridized carbons (Fsp3) is 0.600. The van der Waals surface area contributed by atoms with Crippen molar-refractivity contribution in [3.63, 3.8) is 0 Å². The zero-order valence-electron chi connectivity index (χ0n) is 11.1. The standard InChI is InChI=1S/C15H22ClNO/c1-2-3-6-9-17-10-11-18-15(12-17)13-7-4-5-8-14(13)16/h4-5,7-8,15H,2-3,6,9-12H2,1H3. The van der Waals surface area contributed by atoms with Crippen LogP contribution in [0.3, 0.4) is 0 Å². The maximum absolute atomic E-state index is 6.23. The lowest BCUT2D eigenvalue weighted by Crippen LogP contribution is -2.38. The first-order chi connectivity index (χ1) is 8.81. The SMILES string of the molecule is CCCCCN1CCOC(c2ccccc2Cl)C1. The van der Waals surface area contributed by atoms with Gasteiger partial charge in [-0.15, -0.1) is 0 Å². The van der Waals surface area contributed by atoms with Crippen molar-refractivity contribution >= 4 is 11.6 Å². The molecule has 2 rings (SSSR count). The highest BCUT2D eigenvalue weighted by molar-refractivity contribution is 6.31. The summed E-state index contributed by atoms with van der Waals surface area (Å²) in [6.07, 6.45) is 4.01. The lowest BCUT2D eigenvalue weighted by atomic mass is 10.1. The number of halogens is 1. The molecule has 1 saturated heterocycles. The highest BCUT2D eigenvalue weighted by atomic mass is 35.5. The molecule has 18 heavy (non-hydrogen) atoms. The van der Waals surface area contributed by atoms with E-state index in [0.29, 0.717) is 0 Å². The molecule has 1 aliphatic heterocycles. The first-order valence-electron chi connectivity index (χ1n) is 6.89. The number of hydrogen-bond acceptors (Lipinski definition) is 2. The lowest BCUT2D eigenvalue weighted by molar-refractivity contribution is -0.0303. The Balaban J connectivity index is 1.92. The molecule has 0 bridgehead atoms. The summed E-state index contributed by atoms with van der Waals surface area (Å²) in [7, 11) is 0. The van der Waals surface area contributed by atoms with Crippen LogP contribution >= 0.6 is 11.6 Å². The fourth-order valence-electron chi connectivity index (χ4n) is 2.42. The molecule has 0 aromatic heterocycles. The van der Waals surface area contributed by atoms with Crippen molar-refractivity contribution in [3.8, 4) is 0 Å². The summed E-state index contributed by atoms with van der Waals surface area (Å²) in [5.74, 6) is 0. The van der Waals surface area contributed by atoms with Crippen molar-refractivity contribution in [2.75, 3.05) is 26.2 Å². The van der Waals surface area contributed by atoms with Gasteiger partial charge in [0.15, 0.2) is 0 Å². The van der Waals surface area contributed by atoms with E-state index in [9.17, 15) is 0 Å². The highest BCUT2D eigenvalue weighted by Gasteiger charge is 2.22. The van der Waals surface area contributed by atoms with E-state index in [1.54, 1.807) is 0 Å². The van der Waals surface area contributed by atoms with Crippen molar-refractivity contribution in [2.45, 2.75) is 32.3 Å². The van der Waals surface area contributed by atoms with Crippen molar-refractivity contribution < 1.29 is 4.74 Å². The van der Waals surface area contributed by atoms with Crippen LogP contribution in [0, 0.1) is 0 Å². The molecule has 1 aromatic carbocycles. The third-order valence-corrected chi connectivity index (χ3v) is 3.82. The Bertz CT molecular complexity index is 369. The van der Waals surface area contributed by atoms with Gasteiger partial charge >= 0.3 is 0 Å². The molecule has 1 aliphatic rings. The number of morpholine rings is 1. The number of hydrogen-bond donors (Lipinski definition) is 0. The van der Waals surface area contributed by atoms with Gasteiger partial charge in [0.05, 0.1) is 12.7 Å². The second-order valence-electron chi connectivity index (χ2n) is 4.89. The Hall–Kier alpha value is -0.570. The van der Waals surface area contributed by atoms with Crippen LogP contribution in [0.2, 0.25) is 5.02 Å². The van der Waals surface area contributed by atoms with Crippen LogP contribution in [-0.2, 0) is 4.74 Å². The Labute approximate surface area is 115 Å². The molecular formula is C15H22ClNO. The second-order valence-corrected chi connectivity index (χ2v) is 5.30. The molecule has 0 aliphatic carbocycles. The number of benzene rings is 1. The van der Waals surface area contributed by atoms with Crippen LogP contribution in [0.15, 0.2) is 24.3 Å². The van der Waals surface area contributed by atoms with E-state index in [2.05, 4.69) is 17.9 Å². The summed E-state index contributed by atoms with van der Waals surface area (Å²) in [5.41, 5.74) is 1.12. The van der Waals surface area contributed by atoms with Crippen LogP contribution in [0.5, 0.6) is 0 Å². The van der Waals surface area contributed by atoms with Crippen LogP contribution in [0.25, 0.3) is 0 Å². The Morgan fingerprint density at radius 2 is 2.17 bits per heavy atom. The van der Waals surface area contributed by atoms with Gasteiger partial charge < -0.3 is 4.74 Å². The van der Waals surface area contributed by atoms with Crippen molar-refractivity contribution in [2.24, 2.45) is 0 Å². The first kappa shape index (κ1) is 13.9. The predicted octanol–water partition coefficient (Wildman–Crippen LogP) is 3.90. The van der Waals surface area contributed by atoms with Gasteiger partial charge in [0, 0.05) is 23.7 Å². The normalized spacial score (nSPS) is 21.1. The summed E-state index contributed by atoms with van der Waals surface area (Å²) in [6, 6.07) is 8.01. The second kappa shape index (κ2) is 7.13. The Morgan fingerprint density at radius 3 is 2.94 bits per heavy atom. The summed E-state index contributed by atoms with van der Waals surface area (Å²) >= 11 is 6.23. The molecule has 1 atom stereocenters. The third-order valence-electron chi connectivity index (χ3n) is 3.48. The molecule has 3 heteroatoms. The molecule has 0 amide bonds. The number of rotatable bonds is 5. The summed E-state index contributed by atoms with van der Waals surface area (Å²) < 4.78 is 5.86. The average molecular weight is 268 g/mol. The molecule has 100 valence electrons. The molecule has 1 fully saturated rings. The molecule has 0 saturated carbocycles. The molecule has 1 aromatic rings. The number of unbranched alkanes of at least 4 members (excludes halogenated alkanes) is 2. The summed E-state index contributed by atoms with van der Waals surface area (Å²) in [4.78, 5) is 2.49. The third kappa shape index (κ3) is 3.71. The molecule has 1 unspecified atom stereocenters. The van der Waals surface area contributed by atoms with Gasteiger partial charge in [0.1, 0.15) is 0 Å². The summed E-state index contributed by atoms with van der Waals surface area (Å²) in [6.45, 7) is 6.24. The maximum atomic E-state index is 6.23. The van der Waals surface area contributed by atoms with Gasteiger partial charge in [-0.3, -0.25) is 4.90 Å². The van der Waals surface area contributed by atoms with E-state index in [4.69, 9.17) is 16.3 Å². The highest BCUT2D eigenvalue weighted by Crippen LogP contribution is 2.28. The quantitative estimate of drug-likeness (QED) is 0.750. The van der Waals surface area contributed by atoms with Gasteiger partial charge in [0.2, 0.25) is 0 Å². The van der Waals surface area contributed by atoms with Crippen molar-refractivity contribution in [3.05, 3.63) is 34.9 Å². The first-order valence-corrected chi connectivity index (χ1v) is 7.27. The fourth-order valence-corrected chi connectivity index (χ4v) is 2.67. The minimum atomic E-state index is 0.133. The van der Waals surface area contributed by atoms with Crippen molar-refractivity contribution in [1.29, 1.82) is 0 Å². The van der Waals surface area contributed by atoms with Crippen LogP contribution in [0.4, 0.5) is 0 Å². The van der Waals surface area contributed by atoms with E-state index in [0.717, 1.165) is 30.3 Å². The summed E-state index contributed by atoms with van der Waals surface area (Å²) in [5, 5.41) is 0.818. The van der Waals surface area contributed by atoms with Gasteiger partial charge in [-0.05, 0) is 19.0 Å². The van der Waals surface area contributed by atoms with Gasteiger partial charge in [0.25, 0.3) is 0 Å². The van der Waals surface area contributed by atoms with Crippen LogP contribution in [-0.4, -0.2) is 31.1 Å². The zero-order valence-corrected chi connectivity index (χ0v) is 11.8. The van der Waals surface area contributed by atoms with Gasteiger partial charge in [-0.2, -0.15) is 0 Å². The van der Waals surface area contributed by atoms with Gasteiger partial charge in [-0.25, -0.2) is 0 Å². The Morgan fingerprint density at radius 1 is 1.33 bits per heavy atom. The number of ether oxygens (including phenoxy) is 1. The molecule has 2 nitrogen and oxygen atoms in total. The molecule has 0 N–H and O–H groups in total. The van der Waals surface area contributed by atoms with E-state index in [1.165, 1.54) is 25.8 Å². The largest absolute Gasteiger partial charge is 0.371 e.